The SMILES string of the molecule is O=C(c1ccc(OC(F)F)c(F)c1)C(O)O. The molecule has 0 atom stereocenters. The Labute approximate surface area is 87.9 Å². The average molecular weight is 236 g/mol. The Kier molecular flexibility index (Phi) is 3.86. The van der Waals surface area contributed by atoms with E-state index < -0.39 is 30.3 Å². The number of ketones is 1. The first kappa shape index (κ1) is 12.5. The van der Waals surface area contributed by atoms with Crippen LogP contribution in [0.1, 0.15) is 10.4 Å². The van der Waals surface area contributed by atoms with E-state index in [0.29, 0.717) is 6.07 Å². The van der Waals surface area contributed by atoms with Gasteiger partial charge in [0, 0.05) is 5.56 Å². The molecule has 7 heteroatoms. The molecule has 16 heavy (non-hydrogen) atoms. The summed E-state index contributed by atoms with van der Waals surface area (Å²) in [5, 5.41) is 17.0. The largest absolute Gasteiger partial charge is 0.432 e. The van der Waals surface area contributed by atoms with E-state index >= 15 is 0 Å². The van der Waals surface area contributed by atoms with Crippen molar-refractivity contribution in [2.75, 3.05) is 0 Å². The molecule has 0 saturated heterocycles. The minimum absolute atomic E-state index is 0.353. The molecule has 0 fully saturated rings. The second-order valence-corrected chi connectivity index (χ2v) is 2.76. The Morgan fingerprint density at radius 3 is 2.38 bits per heavy atom. The predicted octanol–water partition coefficient (Wildman–Crippen LogP) is 0.920. The maximum absolute atomic E-state index is 13.1. The van der Waals surface area contributed by atoms with Gasteiger partial charge >= 0.3 is 6.61 Å². The number of hydrogen-bond acceptors (Lipinski definition) is 4. The topological polar surface area (TPSA) is 66.8 Å². The summed E-state index contributed by atoms with van der Waals surface area (Å²) >= 11 is 0. The minimum Gasteiger partial charge on any atom is -0.432 e. The standard InChI is InChI=1S/C9H7F3O4/c10-5-3-4(7(13)8(14)15)1-2-6(5)16-9(11)12/h1-3,8-9,14-15H. The van der Waals surface area contributed by atoms with Crippen LogP contribution in [0.3, 0.4) is 0 Å². The van der Waals surface area contributed by atoms with Crippen molar-refractivity contribution in [2.24, 2.45) is 0 Å². The molecular formula is C9H7F3O4. The number of Topliss-reactive ketones (excluding diaryl/α,β-unsaturated/α-hetero) is 1. The molecule has 0 unspecified atom stereocenters. The van der Waals surface area contributed by atoms with Crippen molar-refractivity contribution in [3.8, 4) is 5.75 Å². The third-order valence-corrected chi connectivity index (χ3v) is 1.67. The molecule has 0 spiro atoms. The molecule has 0 bridgehead atoms. The highest BCUT2D eigenvalue weighted by atomic mass is 19.3. The van der Waals surface area contributed by atoms with Gasteiger partial charge in [0.05, 0.1) is 0 Å². The zero-order valence-corrected chi connectivity index (χ0v) is 7.73. The van der Waals surface area contributed by atoms with Crippen molar-refractivity contribution in [1.82, 2.24) is 0 Å². The molecule has 4 nitrogen and oxygen atoms in total. The van der Waals surface area contributed by atoms with Crippen LogP contribution in [-0.2, 0) is 0 Å². The molecule has 0 aliphatic carbocycles. The molecule has 0 radical (unpaired) electrons. The number of halogens is 3. The molecule has 1 aromatic rings. The van der Waals surface area contributed by atoms with Crippen LogP contribution in [0, 0.1) is 5.82 Å². The first-order chi connectivity index (χ1) is 7.41. The van der Waals surface area contributed by atoms with Gasteiger partial charge in [0.1, 0.15) is 0 Å². The Hall–Kier alpha value is -1.60. The van der Waals surface area contributed by atoms with E-state index in [1.54, 1.807) is 0 Å². The van der Waals surface area contributed by atoms with E-state index in [2.05, 4.69) is 4.74 Å². The van der Waals surface area contributed by atoms with Crippen LogP contribution < -0.4 is 4.74 Å². The number of rotatable bonds is 4. The summed E-state index contributed by atoms with van der Waals surface area (Å²) in [7, 11) is 0. The van der Waals surface area contributed by atoms with E-state index in [9.17, 15) is 18.0 Å². The molecule has 1 rings (SSSR count). The molecule has 0 amide bonds. The van der Waals surface area contributed by atoms with Crippen molar-refractivity contribution in [2.45, 2.75) is 12.9 Å². The van der Waals surface area contributed by atoms with Gasteiger partial charge in [-0.2, -0.15) is 8.78 Å². The van der Waals surface area contributed by atoms with Crippen LogP contribution in [0.2, 0.25) is 0 Å². The Morgan fingerprint density at radius 2 is 1.94 bits per heavy atom. The van der Waals surface area contributed by atoms with Gasteiger partial charge in [0.15, 0.2) is 11.6 Å². The van der Waals surface area contributed by atoms with Crippen LogP contribution in [-0.4, -0.2) is 28.9 Å². The molecule has 88 valence electrons. The van der Waals surface area contributed by atoms with Gasteiger partial charge in [-0.1, -0.05) is 0 Å². The molecule has 0 saturated carbocycles. The highest BCUT2D eigenvalue weighted by molar-refractivity contribution is 5.98. The van der Waals surface area contributed by atoms with Crippen LogP contribution in [0.5, 0.6) is 5.75 Å². The maximum Gasteiger partial charge on any atom is 0.387 e. The zero-order valence-electron chi connectivity index (χ0n) is 7.73. The van der Waals surface area contributed by atoms with Crippen LogP contribution in [0.15, 0.2) is 18.2 Å². The van der Waals surface area contributed by atoms with Gasteiger partial charge in [-0.3, -0.25) is 4.79 Å². The van der Waals surface area contributed by atoms with Gasteiger partial charge in [-0.25, -0.2) is 4.39 Å². The van der Waals surface area contributed by atoms with E-state index in [-0.39, 0.29) is 5.56 Å². The van der Waals surface area contributed by atoms with Gasteiger partial charge in [0.2, 0.25) is 12.1 Å². The Bertz CT molecular complexity index is 392. The van der Waals surface area contributed by atoms with Crippen molar-refractivity contribution in [1.29, 1.82) is 0 Å². The second kappa shape index (κ2) is 4.95. The molecular weight excluding hydrogens is 229 g/mol. The lowest BCUT2D eigenvalue weighted by Gasteiger charge is -2.07. The molecule has 0 aliphatic heterocycles. The van der Waals surface area contributed by atoms with E-state index in [1.165, 1.54) is 0 Å². The predicted molar refractivity (Wildman–Crippen MR) is 45.6 cm³/mol. The van der Waals surface area contributed by atoms with Crippen LogP contribution in [0.25, 0.3) is 0 Å². The van der Waals surface area contributed by atoms with Crippen molar-refractivity contribution in [3.63, 3.8) is 0 Å². The number of alkyl halides is 2. The number of aliphatic hydroxyl groups is 2. The highest BCUT2D eigenvalue weighted by Crippen LogP contribution is 2.20. The maximum atomic E-state index is 13.1. The summed E-state index contributed by atoms with van der Waals surface area (Å²) < 4.78 is 40.4. The first-order valence-corrected chi connectivity index (χ1v) is 4.06. The number of ether oxygens (including phenoxy) is 1. The zero-order chi connectivity index (χ0) is 12.3. The lowest BCUT2D eigenvalue weighted by molar-refractivity contribution is -0.0522. The summed E-state index contributed by atoms with van der Waals surface area (Å²) in [4.78, 5) is 11.0. The third kappa shape index (κ3) is 2.94. The summed E-state index contributed by atoms with van der Waals surface area (Å²) in [6.07, 6.45) is -2.28. The first-order valence-electron chi connectivity index (χ1n) is 4.06. The van der Waals surface area contributed by atoms with E-state index in [0.717, 1.165) is 12.1 Å². The molecule has 0 aromatic heterocycles. The smallest absolute Gasteiger partial charge is 0.387 e. The lowest BCUT2D eigenvalue weighted by atomic mass is 10.1. The summed E-state index contributed by atoms with van der Waals surface area (Å²) in [5.74, 6) is -3.05. The number of benzene rings is 1. The van der Waals surface area contributed by atoms with E-state index in [1.807, 2.05) is 0 Å². The second-order valence-electron chi connectivity index (χ2n) is 2.76. The van der Waals surface area contributed by atoms with Crippen molar-refractivity contribution < 1.29 is 32.9 Å². The highest BCUT2D eigenvalue weighted by Gasteiger charge is 2.17. The lowest BCUT2D eigenvalue weighted by Crippen LogP contribution is -2.19. The fourth-order valence-electron chi connectivity index (χ4n) is 0.995. The third-order valence-electron chi connectivity index (χ3n) is 1.67. The van der Waals surface area contributed by atoms with Crippen molar-refractivity contribution >= 4 is 5.78 Å². The molecule has 1 aromatic carbocycles. The quantitative estimate of drug-likeness (QED) is 0.602. The summed E-state index contributed by atoms with van der Waals surface area (Å²) in [6, 6.07) is 2.33. The molecule has 2 N–H and O–H groups in total. The molecule has 0 heterocycles. The van der Waals surface area contributed by atoms with Gasteiger partial charge in [-0.15, -0.1) is 0 Å². The van der Waals surface area contributed by atoms with Crippen LogP contribution >= 0.6 is 0 Å². The van der Waals surface area contributed by atoms with Crippen LogP contribution in [0.4, 0.5) is 13.2 Å². The average Bonchev–Trinajstić information content (AvgIpc) is 2.19. The minimum atomic E-state index is -3.18. The normalized spacial score (nSPS) is 10.9. The number of carbonyl (C=O) groups excluding carboxylic acids is 1. The number of hydrogen-bond donors (Lipinski definition) is 2. The Morgan fingerprint density at radius 1 is 1.31 bits per heavy atom. The van der Waals surface area contributed by atoms with Gasteiger partial charge in [0.25, 0.3) is 0 Å². The molecule has 0 aliphatic rings. The summed E-state index contributed by atoms with van der Waals surface area (Å²) in [5.41, 5.74) is -0.353. The monoisotopic (exact) mass is 236 g/mol. The summed E-state index contributed by atoms with van der Waals surface area (Å²) in [6.45, 7) is -3.18. The van der Waals surface area contributed by atoms with Crippen molar-refractivity contribution in [3.05, 3.63) is 29.6 Å². The fraction of sp³-hybridized carbons (Fsp3) is 0.222. The Balaban J connectivity index is 2.95. The van der Waals surface area contributed by atoms with Gasteiger partial charge < -0.3 is 14.9 Å². The van der Waals surface area contributed by atoms with Gasteiger partial charge in [-0.05, 0) is 18.2 Å². The van der Waals surface area contributed by atoms with E-state index in [4.69, 9.17) is 10.2 Å². The number of aliphatic hydroxyl groups excluding tert-OH is 1. The number of carbonyl (C=O) groups is 1. The fourth-order valence-corrected chi connectivity index (χ4v) is 0.995.